The maximum absolute atomic E-state index is 12.8. The highest BCUT2D eigenvalue weighted by Gasteiger charge is 2.42. The number of nitrogen functional groups attached to an aromatic ring is 1. The molecule has 1 aliphatic heterocycles. The van der Waals surface area contributed by atoms with Crippen LogP contribution in [0.5, 0.6) is 5.75 Å². The van der Waals surface area contributed by atoms with Gasteiger partial charge in [-0.25, -0.2) is 9.78 Å². The van der Waals surface area contributed by atoms with Gasteiger partial charge in [-0.05, 0) is 31.4 Å². The van der Waals surface area contributed by atoms with E-state index in [1.54, 1.807) is 19.1 Å². The number of nitrogens with zero attached hydrogens (tertiary/aromatic N) is 2. The van der Waals surface area contributed by atoms with Crippen LogP contribution in [-0.2, 0) is 14.3 Å². The van der Waals surface area contributed by atoms with Crippen molar-refractivity contribution in [3.05, 3.63) is 12.1 Å². The third-order valence-electron chi connectivity index (χ3n) is 3.61. The first-order chi connectivity index (χ1) is 10.9. The Hall–Kier alpha value is -2.31. The number of carbonyl (C=O) groups excluding carboxylic acids is 2. The third kappa shape index (κ3) is 3.38. The number of rotatable bonds is 5. The lowest BCUT2D eigenvalue weighted by Crippen LogP contribution is -2.54. The Morgan fingerprint density at radius 2 is 2.13 bits per heavy atom. The summed E-state index contributed by atoms with van der Waals surface area (Å²) in [5.74, 6) is 0.114. The van der Waals surface area contributed by atoms with Crippen LogP contribution in [0.1, 0.15) is 34.1 Å². The van der Waals surface area contributed by atoms with E-state index in [2.05, 4.69) is 4.98 Å². The first-order valence-corrected chi connectivity index (χ1v) is 7.79. The topological polar surface area (TPSA) is 94.8 Å². The van der Waals surface area contributed by atoms with E-state index in [4.69, 9.17) is 15.2 Å². The molecule has 0 bridgehead atoms. The van der Waals surface area contributed by atoms with E-state index in [0.717, 1.165) is 0 Å². The molecule has 2 heterocycles. The van der Waals surface area contributed by atoms with Crippen molar-refractivity contribution in [2.75, 3.05) is 17.2 Å². The van der Waals surface area contributed by atoms with Gasteiger partial charge in [0.1, 0.15) is 11.9 Å². The second-order valence-electron chi connectivity index (χ2n) is 5.89. The van der Waals surface area contributed by atoms with Crippen LogP contribution >= 0.6 is 0 Å². The summed E-state index contributed by atoms with van der Waals surface area (Å²) in [7, 11) is 0. The number of ether oxygens (including phenoxy) is 2. The van der Waals surface area contributed by atoms with Crippen LogP contribution < -0.4 is 15.4 Å². The van der Waals surface area contributed by atoms with Crippen molar-refractivity contribution in [2.45, 2.75) is 46.3 Å². The van der Waals surface area contributed by atoms with E-state index in [1.807, 2.05) is 20.8 Å². The SMILES string of the molecule is CCCOC(=O)C(C)N1C(=O)C(C(C)C)Oc2ccc(N)nc21. The van der Waals surface area contributed by atoms with Gasteiger partial charge in [0.25, 0.3) is 5.91 Å². The first-order valence-electron chi connectivity index (χ1n) is 7.79. The normalized spacial score (nSPS) is 18.4. The molecule has 1 amide bonds. The van der Waals surface area contributed by atoms with Crippen LogP contribution in [-0.4, -0.2) is 35.6 Å². The van der Waals surface area contributed by atoms with Crippen molar-refractivity contribution in [1.82, 2.24) is 4.98 Å². The molecular weight excluding hydrogens is 298 g/mol. The Bertz CT molecular complexity index is 603. The zero-order valence-corrected chi connectivity index (χ0v) is 13.9. The number of pyridine rings is 1. The molecule has 0 radical (unpaired) electrons. The van der Waals surface area contributed by atoms with Crippen molar-refractivity contribution in [3.8, 4) is 5.75 Å². The number of fused-ring (bicyclic) bond motifs is 1. The average molecular weight is 321 g/mol. The summed E-state index contributed by atoms with van der Waals surface area (Å²) < 4.78 is 10.9. The number of esters is 1. The van der Waals surface area contributed by atoms with Gasteiger partial charge in [0, 0.05) is 0 Å². The van der Waals surface area contributed by atoms with Crippen LogP contribution in [0.3, 0.4) is 0 Å². The molecule has 2 unspecified atom stereocenters. The molecule has 0 saturated carbocycles. The number of nitrogens with two attached hydrogens (primary N) is 1. The smallest absolute Gasteiger partial charge is 0.329 e. The molecule has 23 heavy (non-hydrogen) atoms. The largest absolute Gasteiger partial charge is 0.476 e. The van der Waals surface area contributed by atoms with Crippen LogP contribution in [0.15, 0.2) is 12.1 Å². The van der Waals surface area contributed by atoms with E-state index in [1.165, 1.54) is 4.90 Å². The molecule has 7 nitrogen and oxygen atoms in total. The molecule has 1 aromatic heterocycles. The zero-order chi connectivity index (χ0) is 17.1. The lowest BCUT2D eigenvalue weighted by Gasteiger charge is -2.37. The number of aromatic nitrogens is 1. The highest BCUT2D eigenvalue weighted by molar-refractivity contribution is 6.03. The first kappa shape index (κ1) is 17.1. The molecule has 2 atom stereocenters. The Balaban J connectivity index is 2.40. The number of anilines is 2. The number of hydrogen-bond donors (Lipinski definition) is 1. The summed E-state index contributed by atoms with van der Waals surface area (Å²) in [6, 6.07) is 2.47. The predicted molar refractivity (Wildman–Crippen MR) is 86.1 cm³/mol. The van der Waals surface area contributed by atoms with Gasteiger partial charge in [-0.1, -0.05) is 20.8 Å². The fraction of sp³-hybridized carbons (Fsp3) is 0.562. The molecule has 0 spiro atoms. The molecule has 1 aliphatic rings. The van der Waals surface area contributed by atoms with Crippen molar-refractivity contribution in [1.29, 1.82) is 0 Å². The maximum atomic E-state index is 12.8. The van der Waals surface area contributed by atoms with Crippen molar-refractivity contribution in [2.24, 2.45) is 5.92 Å². The maximum Gasteiger partial charge on any atom is 0.329 e. The molecule has 0 saturated heterocycles. The molecular formula is C16H23N3O4. The van der Waals surface area contributed by atoms with Gasteiger partial charge in [-0.3, -0.25) is 9.69 Å². The van der Waals surface area contributed by atoms with E-state index >= 15 is 0 Å². The third-order valence-corrected chi connectivity index (χ3v) is 3.61. The Kier molecular flexibility index (Phi) is 5.08. The standard InChI is InChI=1S/C16H23N3O4/c1-5-8-22-16(21)10(4)19-14-11(6-7-12(17)18-14)23-13(9(2)3)15(19)20/h6-7,9-10,13H,5,8H2,1-4H3,(H2,17,18). The molecule has 0 aliphatic carbocycles. The highest BCUT2D eigenvalue weighted by atomic mass is 16.5. The molecule has 126 valence electrons. The second-order valence-corrected chi connectivity index (χ2v) is 5.89. The second kappa shape index (κ2) is 6.85. The number of carbonyl (C=O) groups is 2. The van der Waals surface area contributed by atoms with Crippen LogP contribution in [0.4, 0.5) is 11.6 Å². The summed E-state index contributed by atoms with van der Waals surface area (Å²) >= 11 is 0. The van der Waals surface area contributed by atoms with Gasteiger partial charge in [0.15, 0.2) is 17.7 Å². The Morgan fingerprint density at radius 3 is 2.74 bits per heavy atom. The summed E-state index contributed by atoms with van der Waals surface area (Å²) in [4.78, 5) is 30.5. The number of amides is 1. The zero-order valence-electron chi connectivity index (χ0n) is 13.9. The molecule has 2 N–H and O–H groups in total. The summed E-state index contributed by atoms with van der Waals surface area (Å²) in [5.41, 5.74) is 5.72. The average Bonchev–Trinajstić information content (AvgIpc) is 2.51. The Labute approximate surface area is 135 Å². The lowest BCUT2D eigenvalue weighted by molar-refractivity contribution is -0.147. The fourth-order valence-electron chi connectivity index (χ4n) is 2.37. The molecule has 0 fully saturated rings. The minimum absolute atomic E-state index is 0.0467. The summed E-state index contributed by atoms with van der Waals surface area (Å²) in [6.07, 6.45) is 0.0423. The Morgan fingerprint density at radius 1 is 1.43 bits per heavy atom. The van der Waals surface area contributed by atoms with Crippen molar-refractivity contribution >= 4 is 23.5 Å². The van der Waals surface area contributed by atoms with Crippen molar-refractivity contribution < 1.29 is 19.1 Å². The van der Waals surface area contributed by atoms with Crippen LogP contribution in [0.25, 0.3) is 0 Å². The monoisotopic (exact) mass is 321 g/mol. The van der Waals surface area contributed by atoms with Gasteiger partial charge in [-0.2, -0.15) is 0 Å². The van der Waals surface area contributed by atoms with E-state index in [0.29, 0.717) is 18.8 Å². The fourth-order valence-corrected chi connectivity index (χ4v) is 2.37. The van der Waals surface area contributed by atoms with Gasteiger partial charge in [-0.15, -0.1) is 0 Å². The van der Waals surface area contributed by atoms with Gasteiger partial charge in [0.2, 0.25) is 0 Å². The quantitative estimate of drug-likeness (QED) is 0.830. The minimum atomic E-state index is -0.799. The van der Waals surface area contributed by atoms with E-state index in [-0.39, 0.29) is 23.5 Å². The lowest BCUT2D eigenvalue weighted by atomic mass is 10.0. The molecule has 2 rings (SSSR count). The van der Waals surface area contributed by atoms with Crippen LogP contribution in [0, 0.1) is 5.92 Å². The van der Waals surface area contributed by atoms with Gasteiger partial charge in [0.05, 0.1) is 6.61 Å². The summed E-state index contributed by atoms with van der Waals surface area (Å²) in [5, 5.41) is 0. The minimum Gasteiger partial charge on any atom is -0.476 e. The van der Waals surface area contributed by atoms with E-state index < -0.39 is 18.1 Å². The predicted octanol–water partition coefficient (Wildman–Crippen LogP) is 1.76. The molecule has 0 aromatic carbocycles. The molecule has 1 aromatic rings. The molecule has 7 heteroatoms. The van der Waals surface area contributed by atoms with Crippen LogP contribution in [0.2, 0.25) is 0 Å². The summed E-state index contributed by atoms with van der Waals surface area (Å²) in [6.45, 7) is 7.61. The van der Waals surface area contributed by atoms with Gasteiger partial charge >= 0.3 is 5.97 Å². The highest BCUT2D eigenvalue weighted by Crippen LogP contribution is 2.36. The number of hydrogen-bond acceptors (Lipinski definition) is 6. The van der Waals surface area contributed by atoms with Gasteiger partial charge < -0.3 is 15.2 Å². The van der Waals surface area contributed by atoms with E-state index in [9.17, 15) is 9.59 Å². The van der Waals surface area contributed by atoms with Crippen molar-refractivity contribution in [3.63, 3.8) is 0 Å².